The molecule has 1 heterocycles. The molecule has 0 aliphatic heterocycles. The second kappa shape index (κ2) is 4.35. The average Bonchev–Trinajstić information content (AvgIpc) is 2.99. The van der Waals surface area contributed by atoms with E-state index in [1.54, 1.807) is 0 Å². The molecule has 1 N–H and O–H groups in total. The van der Waals surface area contributed by atoms with E-state index in [9.17, 15) is 4.79 Å². The normalized spacial score (nSPS) is 15.5. The fraction of sp³-hybridized carbons (Fsp3) is 0.538. The molecular weight excluding hydrogens is 216 g/mol. The Morgan fingerprint density at radius 1 is 1.41 bits per heavy atom. The van der Waals surface area contributed by atoms with Crippen molar-refractivity contribution in [1.29, 1.82) is 0 Å². The molecule has 1 aliphatic rings. The number of aromatic nitrogens is 1. The van der Waals surface area contributed by atoms with Gasteiger partial charge in [-0.25, -0.2) is 9.78 Å². The van der Waals surface area contributed by atoms with Crippen LogP contribution in [0.15, 0.2) is 18.3 Å². The zero-order chi connectivity index (χ0) is 12.5. The Morgan fingerprint density at radius 3 is 2.59 bits per heavy atom. The first-order chi connectivity index (χ1) is 7.94. The third-order valence-electron chi connectivity index (χ3n) is 2.46. The van der Waals surface area contributed by atoms with Crippen molar-refractivity contribution in [3.05, 3.63) is 23.9 Å². The standard InChI is InChI=1S/C13H18N2O2/c1-13(2,3)17-12(16)15-11-7-6-10(8-14-11)9-4-5-9/h6-9H,4-5H2,1-3H3,(H,14,15,16). The third-order valence-corrected chi connectivity index (χ3v) is 2.46. The first kappa shape index (κ1) is 11.9. The van der Waals surface area contributed by atoms with E-state index in [1.807, 2.05) is 39.1 Å². The van der Waals surface area contributed by atoms with Crippen LogP contribution in [0.4, 0.5) is 10.6 Å². The van der Waals surface area contributed by atoms with E-state index in [0.717, 1.165) is 0 Å². The number of ether oxygens (including phenoxy) is 1. The lowest BCUT2D eigenvalue weighted by atomic mass is 10.2. The maximum absolute atomic E-state index is 11.5. The SMILES string of the molecule is CC(C)(C)OC(=O)Nc1ccc(C2CC2)cn1. The molecule has 0 radical (unpaired) electrons. The van der Waals surface area contributed by atoms with E-state index < -0.39 is 11.7 Å². The number of rotatable bonds is 2. The van der Waals surface area contributed by atoms with Crippen LogP contribution in [0.2, 0.25) is 0 Å². The monoisotopic (exact) mass is 234 g/mol. The van der Waals surface area contributed by atoms with Crippen molar-refractivity contribution in [1.82, 2.24) is 4.98 Å². The molecule has 0 saturated heterocycles. The van der Waals surface area contributed by atoms with Gasteiger partial charge in [0, 0.05) is 6.20 Å². The highest BCUT2D eigenvalue weighted by molar-refractivity contribution is 5.83. The van der Waals surface area contributed by atoms with Gasteiger partial charge in [-0.3, -0.25) is 5.32 Å². The van der Waals surface area contributed by atoms with Crippen LogP contribution in [0.1, 0.15) is 45.1 Å². The molecule has 0 bridgehead atoms. The van der Waals surface area contributed by atoms with Gasteiger partial charge in [-0.2, -0.15) is 0 Å². The van der Waals surface area contributed by atoms with Gasteiger partial charge in [0.15, 0.2) is 0 Å². The number of anilines is 1. The van der Waals surface area contributed by atoms with Crippen LogP contribution in [-0.4, -0.2) is 16.7 Å². The van der Waals surface area contributed by atoms with Crippen LogP contribution >= 0.6 is 0 Å². The summed E-state index contributed by atoms with van der Waals surface area (Å²) in [6, 6.07) is 3.83. The lowest BCUT2D eigenvalue weighted by Crippen LogP contribution is -2.27. The maximum atomic E-state index is 11.5. The van der Waals surface area contributed by atoms with Crippen molar-refractivity contribution in [3.8, 4) is 0 Å². The van der Waals surface area contributed by atoms with Gasteiger partial charge in [-0.1, -0.05) is 6.07 Å². The lowest BCUT2D eigenvalue weighted by Gasteiger charge is -2.19. The second-order valence-corrected chi connectivity index (χ2v) is 5.38. The van der Waals surface area contributed by atoms with E-state index in [-0.39, 0.29) is 0 Å². The molecule has 17 heavy (non-hydrogen) atoms. The summed E-state index contributed by atoms with van der Waals surface area (Å²) in [7, 11) is 0. The number of pyridine rings is 1. The second-order valence-electron chi connectivity index (χ2n) is 5.38. The van der Waals surface area contributed by atoms with Crippen LogP contribution in [0.25, 0.3) is 0 Å². The Kier molecular flexibility index (Phi) is 3.05. The minimum atomic E-state index is -0.488. The largest absolute Gasteiger partial charge is 0.444 e. The number of nitrogens with zero attached hydrogens (tertiary/aromatic N) is 1. The van der Waals surface area contributed by atoms with E-state index in [2.05, 4.69) is 10.3 Å². The Morgan fingerprint density at radius 2 is 2.12 bits per heavy atom. The first-order valence-corrected chi connectivity index (χ1v) is 5.90. The molecule has 0 aromatic carbocycles. The zero-order valence-corrected chi connectivity index (χ0v) is 10.5. The summed E-state index contributed by atoms with van der Waals surface area (Å²) in [5, 5.41) is 2.61. The van der Waals surface area contributed by atoms with Crippen LogP contribution in [0, 0.1) is 0 Å². The molecule has 1 saturated carbocycles. The van der Waals surface area contributed by atoms with Crippen LogP contribution in [-0.2, 0) is 4.74 Å². The number of hydrogen-bond donors (Lipinski definition) is 1. The lowest BCUT2D eigenvalue weighted by molar-refractivity contribution is 0.0635. The van der Waals surface area contributed by atoms with Gasteiger partial charge < -0.3 is 4.74 Å². The van der Waals surface area contributed by atoms with E-state index >= 15 is 0 Å². The Hall–Kier alpha value is -1.58. The molecule has 1 aromatic rings. The molecule has 92 valence electrons. The predicted molar refractivity (Wildman–Crippen MR) is 66.1 cm³/mol. The summed E-state index contributed by atoms with van der Waals surface area (Å²) < 4.78 is 5.14. The minimum Gasteiger partial charge on any atom is -0.444 e. The molecule has 2 rings (SSSR count). The number of carbonyl (C=O) groups excluding carboxylic acids is 1. The summed E-state index contributed by atoms with van der Waals surface area (Å²) in [4.78, 5) is 15.7. The minimum absolute atomic E-state index is 0.468. The summed E-state index contributed by atoms with van der Waals surface area (Å²) in [5.74, 6) is 1.21. The number of amides is 1. The predicted octanol–water partition coefficient (Wildman–Crippen LogP) is 3.31. The number of hydrogen-bond acceptors (Lipinski definition) is 3. The van der Waals surface area contributed by atoms with Crippen LogP contribution in [0.5, 0.6) is 0 Å². The average molecular weight is 234 g/mol. The quantitative estimate of drug-likeness (QED) is 0.854. The van der Waals surface area contributed by atoms with Crippen molar-refractivity contribution in [2.24, 2.45) is 0 Å². The maximum Gasteiger partial charge on any atom is 0.413 e. The molecule has 1 amide bonds. The molecule has 1 aromatic heterocycles. The highest BCUT2D eigenvalue weighted by atomic mass is 16.6. The molecule has 1 fully saturated rings. The first-order valence-electron chi connectivity index (χ1n) is 5.90. The Balaban J connectivity index is 1.92. The van der Waals surface area contributed by atoms with Crippen molar-refractivity contribution >= 4 is 11.9 Å². The van der Waals surface area contributed by atoms with Gasteiger partial charge in [0.2, 0.25) is 0 Å². The molecule has 4 nitrogen and oxygen atoms in total. The molecule has 0 atom stereocenters. The van der Waals surface area contributed by atoms with Gasteiger partial charge in [-0.15, -0.1) is 0 Å². The zero-order valence-electron chi connectivity index (χ0n) is 10.5. The fourth-order valence-electron chi connectivity index (χ4n) is 1.55. The van der Waals surface area contributed by atoms with E-state index in [4.69, 9.17) is 4.74 Å². The molecule has 0 spiro atoms. The third kappa shape index (κ3) is 3.73. The van der Waals surface area contributed by atoms with Crippen molar-refractivity contribution in [2.45, 2.75) is 45.1 Å². The molecule has 1 aliphatic carbocycles. The summed E-state index contributed by atoms with van der Waals surface area (Å²) >= 11 is 0. The van der Waals surface area contributed by atoms with Gasteiger partial charge in [0.25, 0.3) is 0 Å². The van der Waals surface area contributed by atoms with E-state index in [1.165, 1.54) is 18.4 Å². The summed E-state index contributed by atoms with van der Waals surface area (Å²) in [6.45, 7) is 5.49. The molecule has 4 heteroatoms. The number of nitrogens with one attached hydrogen (secondary N) is 1. The van der Waals surface area contributed by atoms with E-state index in [0.29, 0.717) is 11.7 Å². The van der Waals surface area contributed by atoms with Crippen molar-refractivity contribution in [2.75, 3.05) is 5.32 Å². The van der Waals surface area contributed by atoms with Crippen molar-refractivity contribution in [3.63, 3.8) is 0 Å². The highest BCUT2D eigenvalue weighted by Crippen LogP contribution is 2.39. The number of carbonyl (C=O) groups is 1. The Bertz CT molecular complexity index is 402. The van der Waals surface area contributed by atoms with Gasteiger partial charge in [0.05, 0.1) is 0 Å². The summed E-state index contributed by atoms with van der Waals surface area (Å²) in [6.07, 6.45) is 3.86. The van der Waals surface area contributed by atoms with Gasteiger partial charge in [0.1, 0.15) is 11.4 Å². The smallest absolute Gasteiger partial charge is 0.413 e. The van der Waals surface area contributed by atoms with Crippen LogP contribution < -0.4 is 5.32 Å². The van der Waals surface area contributed by atoms with Crippen LogP contribution in [0.3, 0.4) is 0 Å². The van der Waals surface area contributed by atoms with Crippen molar-refractivity contribution < 1.29 is 9.53 Å². The summed E-state index contributed by atoms with van der Waals surface area (Å²) in [5.41, 5.74) is 0.762. The molecule has 0 unspecified atom stereocenters. The van der Waals surface area contributed by atoms with Gasteiger partial charge in [-0.05, 0) is 51.2 Å². The molecular formula is C13H18N2O2. The topological polar surface area (TPSA) is 51.2 Å². The fourth-order valence-corrected chi connectivity index (χ4v) is 1.55. The Labute approximate surface area is 101 Å². The highest BCUT2D eigenvalue weighted by Gasteiger charge is 2.23. The van der Waals surface area contributed by atoms with Gasteiger partial charge >= 0.3 is 6.09 Å².